The summed E-state index contributed by atoms with van der Waals surface area (Å²) in [4.78, 5) is 2.53. The summed E-state index contributed by atoms with van der Waals surface area (Å²) in [6, 6.07) is 63.3. The van der Waals surface area contributed by atoms with Crippen molar-refractivity contribution in [2.75, 3.05) is 4.90 Å². The zero-order chi connectivity index (χ0) is 33.5. The number of hydrogen-bond acceptors (Lipinski definition) is 1. The van der Waals surface area contributed by atoms with Crippen molar-refractivity contribution in [3.8, 4) is 16.8 Å². The molecule has 0 saturated heterocycles. The lowest BCUT2D eigenvalue weighted by Gasteiger charge is -2.31. The molecule has 242 valence electrons. The average Bonchev–Trinajstić information content (AvgIpc) is 3.89. The van der Waals surface area contributed by atoms with Crippen molar-refractivity contribution in [2.45, 2.75) is 31.1 Å². The zero-order valence-electron chi connectivity index (χ0n) is 28.4. The van der Waals surface area contributed by atoms with Crippen LogP contribution in [0, 0.1) is 0 Å². The second-order valence-electron chi connectivity index (χ2n) is 14.5. The van der Waals surface area contributed by atoms with Crippen molar-refractivity contribution in [1.29, 1.82) is 0 Å². The van der Waals surface area contributed by atoms with E-state index in [0.717, 1.165) is 5.69 Å². The fourth-order valence-electron chi connectivity index (χ4n) is 9.70. The SMILES string of the molecule is c1ccc(-n2c3ccccc3c3ccc(N(c4ccc5c(c4)C4(CCCC4)c4ccccc4-5)c4cc5ccccc5c5ccccc45)cc32)cc1. The van der Waals surface area contributed by atoms with E-state index in [1.807, 2.05) is 0 Å². The standard InChI is InChI=1S/C49H36N2/c1-2-15-34(16-3-1)51-46-23-11-9-21-42(46)43-27-25-36(32-48(43)51)50(47-30-33-14-4-5-17-37(33)38-18-6-7-20-41(38)47)35-24-26-40-39-19-8-10-22-44(39)49(45(40)31-35)28-12-13-29-49/h1-11,14-27,30-32H,12-13,28-29H2. The summed E-state index contributed by atoms with van der Waals surface area (Å²) in [5, 5.41) is 7.58. The smallest absolute Gasteiger partial charge is 0.0561 e. The van der Waals surface area contributed by atoms with Gasteiger partial charge in [-0.3, -0.25) is 0 Å². The molecule has 51 heavy (non-hydrogen) atoms. The molecule has 9 aromatic rings. The molecule has 2 heteroatoms. The van der Waals surface area contributed by atoms with Gasteiger partial charge < -0.3 is 9.47 Å². The largest absolute Gasteiger partial charge is 0.310 e. The van der Waals surface area contributed by atoms with E-state index >= 15 is 0 Å². The molecular formula is C49H36N2. The molecular weight excluding hydrogens is 617 g/mol. The lowest BCUT2D eigenvalue weighted by molar-refractivity contribution is 0.550. The summed E-state index contributed by atoms with van der Waals surface area (Å²) in [5.41, 5.74) is 13.1. The van der Waals surface area contributed by atoms with E-state index in [-0.39, 0.29) is 5.41 Å². The molecule has 1 saturated carbocycles. The minimum atomic E-state index is 0.0861. The van der Waals surface area contributed by atoms with Gasteiger partial charge in [0.05, 0.1) is 16.7 Å². The first-order chi connectivity index (χ1) is 25.3. The van der Waals surface area contributed by atoms with Gasteiger partial charge in [-0.25, -0.2) is 0 Å². The minimum Gasteiger partial charge on any atom is -0.310 e. The second-order valence-corrected chi connectivity index (χ2v) is 14.5. The highest BCUT2D eigenvalue weighted by Gasteiger charge is 2.45. The number of anilines is 3. The van der Waals surface area contributed by atoms with Crippen LogP contribution in [0.5, 0.6) is 0 Å². The van der Waals surface area contributed by atoms with Crippen molar-refractivity contribution < 1.29 is 0 Å². The highest BCUT2D eigenvalue weighted by atomic mass is 15.1. The lowest BCUT2D eigenvalue weighted by Crippen LogP contribution is -2.21. The number of para-hydroxylation sites is 2. The maximum absolute atomic E-state index is 2.54. The molecule has 1 heterocycles. The van der Waals surface area contributed by atoms with Gasteiger partial charge in [0, 0.05) is 38.6 Å². The molecule has 1 aromatic heterocycles. The first-order valence-corrected chi connectivity index (χ1v) is 18.3. The predicted molar refractivity (Wildman–Crippen MR) is 215 cm³/mol. The van der Waals surface area contributed by atoms with E-state index < -0.39 is 0 Å². The monoisotopic (exact) mass is 652 g/mol. The molecule has 0 atom stereocenters. The van der Waals surface area contributed by atoms with Gasteiger partial charge in [0.25, 0.3) is 0 Å². The Morgan fingerprint density at radius 1 is 0.431 bits per heavy atom. The van der Waals surface area contributed by atoms with E-state index in [4.69, 9.17) is 0 Å². The third kappa shape index (κ3) is 4.11. The molecule has 0 bridgehead atoms. The van der Waals surface area contributed by atoms with Crippen LogP contribution in [0.4, 0.5) is 17.1 Å². The van der Waals surface area contributed by atoms with E-state index in [1.165, 1.54) is 108 Å². The fourth-order valence-corrected chi connectivity index (χ4v) is 9.70. The van der Waals surface area contributed by atoms with Gasteiger partial charge in [-0.2, -0.15) is 0 Å². The Morgan fingerprint density at radius 2 is 1.06 bits per heavy atom. The Hall–Kier alpha value is -6.12. The summed E-state index contributed by atoms with van der Waals surface area (Å²) < 4.78 is 2.43. The summed E-state index contributed by atoms with van der Waals surface area (Å²) in [5.74, 6) is 0. The van der Waals surface area contributed by atoms with Gasteiger partial charge >= 0.3 is 0 Å². The number of rotatable bonds is 4. The average molecular weight is 653 g/mol. The fraction of sp³-hybridized carbons (Fsp3) is 0.102. The highest BCUT2D eigenvalue weighted by molar-refractivity contribution is 6.15. The molecule has 0 radical (unpaired) electrons. The van der Waals surface area contributed by atoms with Crippen molar-refractivity contribution in [1.82, 2.24) is 4.57 Å². The molecule has 2 aliphatic carbocycles. The summed E-state index contributed by atoms with van der Waals surface area (Å²) >= 11 is 0. The second kappa shape index (κ2) is 10.9. The van der Waals surface area contributed by atoms with Gasteiger partial charge in [-0.05, 0) is 99.8 Å². The number of hydrogen-bond donors (Lipinski definition) is 0. The van der Waals surface area contributed by atoms with Gasteiger partial charge in [-0.15, -0.1) is 0 Å². The van der Waals surface area contributed by atoms with Crippen molar-refractivity contribution in [3.63, 3.8) is 0 Å². The topological polar surface area (TPSA) is 8.17 Å². The third-order valence-corrected chi connectivity index (χ3v) is 11.9. The van der Waals surface area contributed by atoms with Crippen LogP contribution < -0.4 is 4.90 Å². The van der Waals surface area contributed by atoms with E-state index in [1.54, 1.807) is 0 Å². The van der Waals surface area contributed by atoms with E-state index in [9.17, 15) is 0 Å². The van der Waals surface area contributed by atoms with Gasteiger partial charge in [0.1, 0.15) is 0 Å². The molecule has 1 fully saturated rings. The Balaban J connectivity index is 1.22. The molecule has 0 aliphatic heterocycles. The van der Waals surface area contributed by atoms with Gasteiger partial charge in [-0.1, -0.05) is 134 Å². The molecule has 2 aliphatic rings. The van der Waals surface area contributed by atoms with Crippen LogP contribution in [0.3, 0.4) is 0 Å². The van der Waals surface area contributed by atoms with Gasteiger partial charge in [0.15, 0.2) is 0 Å². The lowest BCUT2D eigenvalue weighted by atomic mass is 9.76. The van der Waals surface area contributed by atoms with E-state index in [0.29, 0.717) is 0 Å². The molecule has 11 rings (SSSR count). The molecule has 0 unspecified atom stereocenters. The first kappa shape index (κ1) is 28.7. The molecule has 8 aromatic carbocycles. The Bertz CT molecular complexity index is 2820. The number of nitrogens with zero attached hydrogens (tertiary/aromatic N) is 2. The van der Waals surface area contributed by atoms with Crippen molar-refractivity contribution in [2.24, 2.45) is 0 Å². The first-order valence-electron chi connectivity index (χ1n) is 18.3. The quantitative estimate of drug-likeness (QED) is 0.172. The Morgan fingerprint density at radius 3 is 1.92 bits per heavy atom. The Kier molecular flexibility index (Phi) is 6.15. The maximum atomic E-state index is 2.54. The van der Waals surface area contributed by atoms with Crippen LogP contribution in [-0.4, -0.2) is 4.57 Å². The third-order valence-electron chi connectivity index (χ3n) is 11.9. The van der Waals surface area contributed by atoms with E-state index in [2.05, 4.69) is 179 Å². The molecule has 1 spiro atoms. The maximum Gasteiger partial charge on any atom is 0.0561 e. The predicted octanol–water partition coefficient (Wildman–Crippen LogP) is 13.4. The van der Waals surface area contributed by atoms with Crippen LogP contribution >= 0.6 is 0 Å². The van der Waals surface area contributed by atoms with Crippen LogP contribution in [0.1, 0.15) is 36.8 Å². The normalized spacial score (nSPS) is 14.5. The molecule has 0 N–H and O–H groups in total. The van der Waals surface area contributed by atoms with Crippen LogP contribution in [0.25, 0.3) is 60.2 Å². The summed E-state index contributed by atoms with van der Waals surface area (Å²) in [6.07, 6.45) is 4.97. The number of fused-ring (bicyclic) bond motifs is 11. The highest BCUT2D eigenvalue weighted by Crippen LogP contribution is 2.58. The minimum absolute atomic E-state index is 0.0861. The summed E-state index contributed by atoms with van der Waals surface area (Å²) in [6.45, 7) is 0. The number of benzene rings is 8. The van der Waals surface area contributed by atoms with Crippen LogP contribution in [0.2, 0.25) is 0 Å². The molecule has 0 amide bonds. The van der Waals surface area contributed by atoms with Crippen molar-refractivity contribution >= 4 is 60.4 Å². The van der Waals surface area contributed by atoms with Crippen LogP contribution in [0.15, 0.2) is 170 Å². The van der Waals surface area contributed by atoms with Gasteiger partial charge in [0.2, 0.25) is 0 Å². The Labute approximate surface area is 297 Å². The van der Waals surface area contributed by atoms with Crippen LogP contribution in [-0.2, 0) is 5.41 Å². The van der Waals surface area contributed by atoms with Crippen molar-refractivity contribution in [3.05, 3.63) is 181 Å². The molecule has 2 nitrogen and oxygen atoms in total. The summed E-state index contributed by atoms with van der Waals surface area (Å²) in [7, 11) is 0. The zero-order valence-corrected chi connectivity index (χ0v) is 28.4. The number of aromatic nitrogens is 1.